The second-order valence-electron chi connectivity index (χ2n) is 8.59. The van der Waals surface area contributed by atoms with E-state index in [1.807, 2.05) is 19.1 Å². The van der Waals surface area contributed by atoms with Crippen LogP contribution < -0.4 is 5.32 Å². The molecule has 1 N–H and O–H groups in total. The van der Waals surface area contributed by atoms with Crippen molar-refractivity contribution in [2.24, 2.45) is 0 Å². The van der Waals surface area contributed by atoms with Crippen molar-refractivity contribution in [3.05, 3.63) is 35.4 Å². The Balaban J connectivity index is 1.84. The van der Waals surface area contributed by atoms with Gasteiger partial charge in [-0.25, -0.2) is 4.79 Å². The summed E-state index contributed by atoms with van der Waals surface area (Å²) in [5.41, 5.74) is 1.14. The molecule has 0 radical (unpaired) electrons. The molecule has 25 heavy (non-hydrogen) atoms. The zero-order chi connectivity index (χ0) is 18.4. The van der Waals surface area contributed by atoms with Crippen LogP contribution in [-0.2, 0) is 15.7 Å². The minimum absolute atomic E-state index is 0.000580. The third-order valence-corrected chi connectivity index (χ3v) is 5.60. The van der Waals surface area contributed by atoms with Gasteiger partial charge < -0.3 is 10.2 Å². The highest BCUT2D eigenvalue weighted by Crippen LogP contribution is 2.33. The van der Waals surface area contributed by atoms with E-state index >= 15 is 0 Å². The fourth-order valence-corrected chi connectivity index (χ4v) is 3.74. The summed E-state index contributed by atoms with van der Waals surface area (Å²) in [6, 6.07) is 7.78. The van der Waals surface area contributed by atoms with E-state index in [9.17, 15) is 9.59 Å². The topological polar surface area (TPSA) is 52.6 Å². The average molecular weight is 343 g/mol. The second kappa shape index (κ2) is 6.13. The second-order valence-corrected chi connectivity index (χ2v) is 8.59. The van der Waals surface area contributed by atoms with E-state index in [1.165, 1.54) is 10.5 Å². The van der Waals surface area contributed by atoms with Crippen LogP contribution in [0, 0.1) is 0 Å². The maximum Gasteiger partial charge on any atom is 0.325 e. The Morgan fingerprint density at radius 1 is 1.08 bits per heavy atom. The lowest BCUT2D eigenvalue weighted by Gasteiger charge is -2.33. The molecule has 3 rings (SSSR count). The number of nitrogens with one attached hydrogen (secondary N) is 1. The van der Waals surface area contributed by atoms with Crippen molar-refractivity contribution in [3.8, 4) is 0 Å². The lowest BCUT2D eigenvalue weighted by atomic mass is 9.84. The van der Waals surface area contributed by atoms with Crippen molar-refractivity contribution in [1.82, 2.24) is 15.1 Å². The molecule has 1 unspecified atom stereocenters. The molecule has 2 heterocycles. The van der Waals surface area contributed by atoms with Crippen molar-refractivity contribution in [1.29, 1.82) is 0 Å². The van der Waals surface area contributed by atoms with Crippen LogP contribution in [0.25, 0.3) is 0 Å². The first kappa shape index (κ1) is 17.9. The number of nitrogens with zero attached hydrogens (tertiary/aromatic N) is 2. The Bertz CT molecular complexity index is 669. The Morgan fingerprint density at radius 3 is 2.16 bits per heavy atom. The molecule has 2 aliphatic rings. The van der Waals surface area contributed by atoms with Gasteiger partial charge in [0.25, 0.3) is 5.91 Å². The largest absolute Gasteiger partial charge is 0.325 e. The number of amides is 3. The maximum absolute atomic E-state index is 13.1. The number of carbonyl (C=O) groups is 2. The normalized spacial score (nSPS) is 26.2. The lowest BCUT2D eigenvalue weighted by Crippen LogP contribution is -2.47. The Kier molecular flexibility index (Phi) is 4.40. The van der Waals surface area contributed by atoms with Gasteiger partial charge in [0, 0.05) is 6.04 Å². The molecular formula is C20H29N3O2. The first-order valence-corrected chi connectivity index (χ1v) is 9.08. The van der Waals surface area contributed by atoms with Gasteiger partial charge in [-0.05, 0) is 56.4 Å². The molecule has 5 heteroatoms. The molecule has 2 saturated heterocycles. The van der Waals surface area contributed by atoms with E-state index in [-0.39, 0.29) is 23.4 Å². The van der Waals surface area contributed by atoms with Crippen molar-refractivity contribution in [2.45, 2.75) is 57.5 Å². The molecule has 1 aromatic rings. The summed E-state index contributed by atoms with van der Waals surface area (Å²) in [6.45, 7) is 10.1. The minimum Gasteiger partial charge on any atom is -0.319 e. The van der Waals surface area contributed by atoms with Crippen molar-refractivity contribution >= 4 is 11.9 Å². The number of carbonyl (C=O) groups excluding carboxylic acids is 2. The number of piperidine rings is 1. The summed E-state index contributed by atoms with van der Waals surface area (Å²) in [6.07, 6.45) is 1.68. The van der Waals surface area contributed by atoms with Gasteiger partial charge in [-0.3, -0.25) is 9.69 Å². The molecular weight excluding hydrogens is 314 g/mol. The van der Waals surface area contributed by atoms with Crippen LogP contribution in [-0.4, -0.2) is 47.9 Å². The van der Waals surface area contributed by atoms with Crippen LogP contribution in [0.4, 0.5) is 4.79 Å². The first-order chi connectivity index (χ1) is 11.6. The molecule has 0 spiro atoms. The molecule has 0 saturated carbocycles. The summed E-state index contributed by atoms with van der Waals surface area (Å²) in [7, 11) is 2.07. The number of rotatable bonds is 2. The number of hydrogen-bond donors (Lipinski definition) is 1. The van der Waals surface area contributed by atoms with Gasteiger partial charge in [0.05, 0.1) is 0 Å². The number of hydrogen-bond acceptors (Lipinski definition) is 3. The molecule has 136 valence electrons. The monoisotopic (exact) mass is 343 g/mol. The van der Waals surface area contributed by atoms with Crippen LogP contribution in [0.2, 0.25) is 0 Å². The fraction of sp³-hybridized carbons (Fsp3) is 0.600. The van der Waals surface area contributed by atoms with Crippen molar-refractivity contribution in [2.75, 3.05) is 20.1 Å². The smallest absolute Gasteiger partial charge is 0.319 e. The quantitative estimate of drug-likeness (QED) is 0.840. The molecule has 3 amide bonds. The number of imide groups is 1. The summed E-state index contributed by atoms with van der Waals surface area (Å²) in [4.78, 5) is 29.4. The van der Waals surface area contributed by atoms with E-state index in [0.717, 1.165) is 31.5 Å². The van der Waals surface area contributed by atoms with Gasteiger partial charge in [-0.2, -0.15) is 0 Å². The Hall–Kier alpha value is -1.88. The highest BCUT2D eigenvalue weighted by molar-refractivity contribution is 6.07. The SMILES string of the molecule is CN1CCC(N2C(=O)NC(C)(c3ccc(C(C)(C)C)cc3)C2=O)CC1. The van der Waals surface area contributed by atoms with Crippen LogP contribution in [0.3, 0.4) is 0 Å². The summed E-state index contributed by atoms with van der Waals surface area (Å²) < 4.78 is 0. The summed E-state index contributed by atoms with van der Waals surface area (Å²) in [5, 5.41) is 2.94. The average Bonchev–Trinajstić information content (AvgIpc) is 2.78. The highest BCUT2D eigenvalue weighted by Gasteiger charge is 2.51. The molecule has 0 aliphatic carbocycles. The van der Waals surface area contributed by atoms with E-state index in [0.29, 0.717) is 0 Å². The molecule has 2 fully saturated rings. The maximum atomic E-state index is 13.1. The Morgan fingerprint density at radius 2 is 1.64 bits per heavy atom. The van der Waals surface area contributed by atoms with E-state index in [2.05, 4.69) is 50.2 Å². The van der Waals surface area contributed by atoms with Crippen molar-refractivity contribution < 1.29 is 9.59 Å². The van der Waals surface area contributed by atoms with Crippen LogP contribution >= 0.6 is 0 Å². The summed E-state index contributed by atoms with van der Waals surface area (Å²) >= 11 is 0. The van der Waals surface area contributed by atoms with Gasteiger partial charge in [0.15, 0.2) is 0 Å². The minimum atomic E-state index is -0.975. The number of likely N-dealkylation sites (tertiary alicyclic amines) is 1. The van der Waals surface area contributed by atoms with Gasteiger partial charge >= 0.3 is 6.03 Å². The fourth-order valence-electron chi connectivity index (χ4n) is 3.74. The zero-order valence-electron chi connectivity index (χ0n) is 15.9. The van der Waals surface area contributed by atoms with Gasteiger partial charge in [0.2, 0.25) is 0 Å². The molecule has 0 aromatic heterocycles. The number of urea groups is 1. The van der Waals surface area contributed by atoms with Crippen LogP contribution in [0.5, 0.6) is 0 Å². The Labute approximate surface area is 150 Å². The molecule has 2 aliphatic heterocycles. The van der Waals surface area contributed by atoms with Crippen LogP contribution in [0.15, 0.2) is 24.3 Å². The van der Waals surface area contributed by atoms with Gasteiger partial charge in [-0.1, -0.05) is 45.0 Å². The van der Waals surface area contributed by atoms with E-state index in [1.54, 1.807) is 0 Å². The molecule has 1 atom stereocenters. The summed E-state index contributed by atoms with van der Waals surface area (Å²) in [5.74, 6) is -0.129. The molecule has 5 nitrogen and oxygen atoms in total. The lowest BCUT2D eigenvalue weighted by molar-refractivity contribution is -0.133. The number of benzene rings is 1. The standard InChI is InChI=1S/C20H29N3O2/c1-19(2,3)14-6-8-15(9-7-14)20(4)17(24)23(18(25)21-20)16-10-12-22(5)13-11-16/h6-9,16H,10-13H2,1-5H3,(H,21,25). The predicted molar refractivity (Wildman–Crippen MR) is 98.4 cm³/mol. The predicted octanol–water partition coefficient (Wildman–Crippen LogP) is 2.85. The first-order valence-electron chi connectivity index (χ1n) is 9.08. The zero-order valence-corrected chi connectivity index (χ0v) is 15.9. The third-order valence-electron chi connectivity index (χ3n) is 5.60. The highest BCUT2D eigenvalue weighted by atomic mass is 16.2. The van der Waals surface area contributed by atoms with E-state index in [4.69, 9.17) is 0 Å². The van der Waals surface area contributed by atoms with Crippen LogP contribution in [0.1, 0.15) is 51.7 Å². The van der Waals surface area contributed by atoms with Gasteiger partial charge in [0.1, 0.15) is 5.54 Å². The van der Waals surface area contributed by atoms with E-state index < -0.39 is 5.54 Å². The third kappa shape index (κ3) is 3.17. The molecule has 1 aromatic carbocycles. The molecule has 0 bridgehead atoms. The van der Waals surface area contributed by atoms with Gasteiger partial charge in [-0.15, -0.1) is 0 Å². The van der Waals surface area contributed by atoms with Crippen molar-refractivity contribution in [3.63, 3.8) is 0 Å².